The third-order valence-electron chi connectivity index (χ3n) is 6.31. The van der Waals surface area contributed by atoms with Gasteiger partial charge in [0.15, 0.2) is 11.5 Å². The molecule has 7 heteroatoms. The molecule has 1 aliphatic heterocycles. The van der Waals surface area contributed by atoms with E-state index in [0.29, 0.717) is 49.5 Å². The molecule has 1 saturated heterocycles. The highest BCUT2D eigenvalue weighted by Gasteiger charge is 2.28. The topological polar surface area (TPSA) is 80.1 Å². The van der Waals surface area contributed by atoms with E-state index in [-0.39, 0.29) is 23.4 Å². The molecule has 3 aromatic rings. The lowest BCUT2D eigenvalue weighted by Gasteiger charge is -2.32. The Balaban J connectivity index is 1.60. The number of aromatic nitrogens is 3. The van der Waals surface area contributed by atoms with Crippen LogP contribution in [0.2, 0.25) is 0 Å². The van der Waals surface area contributed by atoms with Gasteiger partial charge in [-0.05, 0) is 50.8 Å². The number of nitrogens with zero attached hydrogens (tertiary/aromatic N) is 4. The van der Waals surface area contributed by atoms with Crippen molar-refractivity contribution in [3.63, 3.8) is 0 Å². The Bertz CT molecular complexity index is 1150. The van der Waals surface area contributed by atoms with Crippen LogP contribution in [0.3, 0.4) is 0 Å². The van der Waals surface area contributed by atoms with Crippen molar-refractivity contribution in [3.8, 4) is 0 Å². The summed E-state index contributed by atoms with van der Waals surface area (Å²) < 4.78 is 1.71. The van der Waals surface area contributed by atoms with Gasteiger partial charge in [0.05, 0.1) is 6.54 Å². The van der Waals surface area contributed by atoms with E-state index in [2.05, 4.69) is 22.2 Å². The van der Waals surface area contributed by atoms with Crippen LogP contribution in [0.4, 0.5) is 5.82 Å². The summed E-state index contributed by atoms with van der Waals surface area (Å²) in [6.45, 7) is 7.85. The molecule has 4 rings (SSSR count). The number of aryl methyl sites for hydroxylation is 1. The third-order valence-corrected chi connectivity index (χ3v) is 6.31. The lowest BCUT2D eigenvalue weighted by molar-refractivity contribution is -0.126. The molecule has 1 fully saturated rings. The van der Waals surface area contributed by atoms with Crippen molar-refractivity contribution < 1.29 is 4.79 Å². The third kappa shape index (κ3) is 4.66. The minimum absolute atomic E-state index is 0.0165. The Morgan fingerprint density at radius 1 is 1.19 bits per heavy atom. The van der Waals surface area contributed by atoms with Gasteiger partial charge in [0, 0.05) is 31.2 Å². The quantitative estimate of drug-likeness (QED) is 0.645. The number of fused-ring (bicyclic) bond motifs is 1. The zero-order chi connectivity index (χ0) is 22.7. The van der Waals surface area contributed by atoms with Crippen molar-refractivity contribution in [1.82, 2.24) is 19.9 Å². The highest BCUT2D eigenvalue weighted by molar-refractivity contribution is 5.79. The van der Waals surface area contributed by atoms with Crippen LogP contribution in [-0.2, 0) is 11.3 Å². The van der Waals surface area contributed by atoms with E-state index >= 15 is 0 Å². The number of pyridine rings is 1. The van der Waals surface area contributed by atoms with Crippen LogP contribution in [0, 0.1) is 12.8 Å². The highest BCUT2D eigenvalue weighted by atomic mass is 16.2. The fourth-order valence-corrected chi connectivity index (χ4v) is 4.11. The van der Waals surface area contributed by atoms with Crippen molar-refractivity contribution in [1.29, 1.82) is 0 Å². The lowest BCUT2D eigenvalue weighted by atomic mass is 9.95. The normalized spacial score (nSPS) is 15.7. The van der Waals surface area contributed by atoms with Gasteiger partial charge in [0.2, 0.25) is 5.91 Å². The average molecular weight is 434 g/mol. The SMILES string of the molecule is CCC(C)NC(=O)C1CCN(c2nc3cccnc3n(Cc3ccc(C)cc3)c2=O)CC1. The number of hydrogen-bond donors (Lipinski definition) is 1. The van der Waals surface area contributed by atoms with E-state index in [1.165, 1.54) is 5.56 Å². The first kappa shape index (κ1) is 22.0. The van der Waals surface area contributed by atoms with Gasteiger partial charge in [-0.2, -0.15) is 0 Å². The molecule has 1 aliphatic rings. The fourth-order valence-electron chi connectivity index (χ4n) is 4.11. The summed E-state index contributed by atoms with van der Waals surface area (Å²) in [5.41, 5.74) is 3.37. The molecule has 32 heavy (non-hydrogen) atoms. The maximum atomic E-state index is 13.5. The highest BCUT2D eigenvalue weighted by Crippen LogP contribution is 2.22. The number of rotatable bonds is 6. The van der Waals surface area contributed by atoms with Crippen molar-refractivity contribution in [3.05, 3.63) is 64.1 Å². The summed E-state index contributed by atoms with van der Waals surface area (Å²) in [5.74, 6) is 0.544. The maximum Gasteiger partial charge on any atom is 0.295 e. The number of piperidine rings is 1. The molecule has 1 amide bonds. The average Bonchev–Trinajstić information content (AvgIpc) is 2.82. The molecule has 0 bridgehead atoms. The van der Waals surface area contributed by atoms with Crippen molar-refractivity contribution in [2.24, 2.45) is 5.92 Å². The molecule has 0 radical (unpaired) electrons. The first-order valence-corrected chi connectivity index (χ1v) is 11.4. The smallest absolute Gasteiger partial charge is 0.295 e. The minimum Gasteiger partial charge on any atom is -0.353 e. The minimum atomic E-state index is -0.140. The molecule has 0 spiro atoms. The maximum absolute atomic E-state index is 13.5. The van der Waals surface area contributed by atoms with Crippen LogP contribution in [0.1, 0.15) is 44.2 Å². The first-order valence-electron chi connectivity index (χ1n) is 11.4. The van der Waals surface area contributed by atoms with E-state index in [4.69, 9.17) is 0 Å². The number of hydrogen-bond acceptors (Lipinski definition) is 5. The van der Waals surface area contributed by atoms with Gasteiger partial charge in [-0.15, -0.1) is 0 Å². The molecule has 0 aliphatic carbocycles. The number of carbonyl (C=O) groups is 1. The summed E-state index contributed by atoms with van der Waals surface area (Å²) in [7, 11) is 0. The molecule has 1 unspecified atom stereocenters. The van der Waals surface area contributed by atoms with Gasteiger partial charge in [-0.3, -0.25) is 14.2 Å². The van der Waals surface area contributed by atoms with E-state index < -0.39 is 0 Å². The Kier molecular flexibility index (Phi) is 6.53. The van der Waals surface area contributed by atoms with Crippen molar-refractivity contribution in [2.45, 2.75) is 52.6 Å². The number of benzene rings is 1. The standard InChI is InChI=1S/C25H31N5O2/c1-4-18(3)27-24(31)20-11-14-29(15-12-20)23-25(32)30(16-19-9-7-17(2)8-10-19)22-21(28-23)6-5-13-26-22/h5-10,13,18,20H,4,11-12,14-16H2,1-3H3,(H,27,31). The van der Waals surface area contributed by atoms with E-state index in [0.717, 1.165) is 12.0 Å². The molecule has 7 nitrogen and oxygen atoms in total. The number of nitrogens with one attached hydrogen (secondary N) is 1. The second kappa shape index (κ2) is 9.51. The van der Waals surface area contributed by atoms with E-state index in [1.807, 2.05) is 55.1 Å². The lowest BCUT2D eigenvalue weighted by Crippen LogP contribution is -2.45. The van der Waals surface area contributed by atoms with Crippen LogP contribution >= 0.6 is 0 Å². The Labute approximate surface area is 188 Å². The van der Waals surface area contributed by atoms with Crippen molar-refractivity contribution >= 4 is 22.9 Å². The summed E-state index contributed by atoms with van der Waals surface area (Å²) >= 11 is 0. The summed E-state index contributed by atoms with van der Waals surface area (Å²) in [4.78, 5) is 37.1. The van der Waals surface area contributed by atoms with Crippen LogP contribution in [0.15, 0.2) is 47.4 Å². The molecule has 0 saturated carbocycles. The molecule has 1 N–H and O–H groups in total. The second-order valence-electron chi connectivity index (χ2n) is 8.74. The number of carbonyl (C=O) groups excluding carboxylic acids is 1. The van der Waals surface area contributed by atoms with Gasteiger partial charge in [-0.1, -0.05) is 36.8 Å². The molecule has 1 atom stereocenters. The van der Waals surface area contributed by atoms with Gasteiger partial charge in [-0.25, -0.2) is 9.97 Å². The zero-order valence-corrected chi connectivity index (χ0v) is 19.0. The zero-order valence-electron chi connectivity index (χ0n) is 19.0. The summed E-state index contributed by atoms with van der Waals surface area (Å²) in [5, 5.41) is 3.08. The summed E-state index contributed by atoms with van der Waals surface area (Å²) in [6, 6.07) is 12.1. The molecule has 3 heterocycles. The molecule has 168 valence electrons. The van der Waals surface area contributed by atoms with Crippen molar-refractivity contribution in [2.75, 3.05) is 18.0 Å². The molecular formula is C25H31N5O2. The van der Waals surface area contributed by atoms with Crippen LogP contribution < -0.4 is 15.8 Å². The number of amides is 1. The van der Waals surface area contributed by atoms with Crippen LogP contribution in [-0.4, -0.2) is 39.6 Å². The fraction of sp³-hybridized carbons (Fsp3) is 0.440. The van der Waals surface area contributed by atoms with Crippen LogP contribution in [0.5, 0.6) is 0 Å². The van der Waals surface area contributed by atoms with Gasteiger partial charge < -0.3 is 10.2 Å². The Morgan fingerprint density at radius 3 is 2.59 bits per heavy atom. The summed E-state index contributed by atoms with van der Waals surface area (Å²) in [6.07, 6.45) is 4.04. The van der Waals surface area contributed by atoms with Gasteiger partial charge in [0.25, 0.3) is 5.56 Å². The van der Waals surface area contributed by atoms with Gasteiger partial charge >= 0.3 is 0 Å². The van der Waals surface area contributed by atoms with E-state index in [1.54, 1.807) is 10.8 Å². The largest absolute Gasteiger partial charge is 0.353 e. The van der Waals surface area contributed by atoms with E-state index in [9.17, 15) is 9.59 Å². The Morgan fingerprint density at radius 2 is 1.91 bits per heavy atom. The second-order valence-corrected chi connectivity index (χ2v) is 8.74. The molecular weight excluding hydrogens is 402 g/mol. The first-order chi connectivity index (χ1) is 15.5. The Hall–Kier alpha value is -3.22. The molecule has 1 aromatic carbocycles. The predicted octanol–water partition coefficient (Wildman–Crippen LogP) is 3.28. The van der Waals surface area contributed by atoms with Gasteiger partial charge in [0.1, 0.15) is 5.52 Å². The monoisotopic (exact) mass is 433 g/mol. The molecule has 2 aromatic heterocycles. The number of anilines is 1. The predicted molar refractivity (Wildman–Crippen MR) is 127 cm³/mol. The van der Waals surface area contributed by atoms with Crippen LogP contribution in [0.25, 0.3) is 11.2 Å².